The molecule has 2 unspecified atom stereocenters. The zero-order chi connectivity index (χ0) is 13.6. The molecule has 0 aromatic heterocycles. The van der Waals surface area contributed by atoms with Gasteiger partial charge < -0.3 is 15.3 Å². The minimum atomic E-state index is -0.339. The van der Waals surface area contributed by atoms with E-state index >= 15 is 0 Å². The second-order valence-corrected chi connectivity index (χ2v) is 5.74. The molecule has 0 radical (unpaired) electrons. The third-order valence-electron chi connectivity index (χ3n) is 3.14. The Bertz CT molecular complexity index is 240. The zero-order valence-corrected chi connectivity index (χ0v) is 12.1. The van der Waals surface area contributed by atoms with Crippen molar-refractivity contribution in [2.45, 2.75) is 59.6 Å². The first-order valence-electron chi connectivity index (χ1n) is 6.38. The summed E-state index contributed by atoms with van der Waals surface area (Å²) in [4.78, 5) is 13.5. The van der Waals surface area contributed by atoms with Gasteiger partial charge in [0.2, 0.25) is 0 Å². The average molecular weight is 244 g/mol. The number of rotatable bonds is 6. The molecule has 0 heterocycles. The summed E-state index contributed by atoms with van der Waals surface area (Å²) in [5.74, 6) is 0. The highest BCUT2D eigenvalue weighted by Gasteiger charge is 2.22. The molecule has 0 saturated carbocycles. The number of hydrogen-bond donors (Lipinski definition) is 2. The molecule has 0 aromatic rings. The van der Waals surface area contributed by atoms with Gasteiger partial charge >= 0.3 is 6.03 Å². The lowest BCUT2D eigenvalue weighted by Gasteiger charge is -2.29. The van der Waals surface area contributed by atoms with E-state index in [0.29, 0.717) is 13.0 Å². The Morgan fingerprint density at radius 1 is 1.41 bits per heavy atom. The Morgan fingerprint density at radius 3 is 2.35 bits per heavy atom. The van der Waals surface area contributed by atoms with Gasteiger partial charge in [0.15, 0.2) is 0 Å². The molecule has 0 aromatic carbocycles. The minimum absolute atomic E-state index is 0.0435. The molecule has 4 nitrogen and oxygen atoms in total. The van der Waals surface area contributed by atoms with Crippen LogP contribution in [0.3, 0.4) is 0 Å². The molecule has 0 aliphatic rings. The van der Waals surface area contributed by atoms with Crippen molar-refractivity contribution in [1.29, 1.82) is 0 Å². The Morgan fingerprint density at radius 2 is 1.94 bits per heavy atom. The topological polar surface area (TPSA) is 52.6 Å². The van der Waals surface area contributed by atoms with Crippen LogP contribution in [-0.2, 0) is 0 Å². The van der Waals surface area contributed by atoms with Crippen LogP contribution in [0.4, 0.5) is 4.79 Å². The molecule has 102 valence electrons. The number of carbonyl (C=O) groups is 1. The van der Waals surface area contributed by atoms with Crippen molar-refractivity contribution < 1.29 is 9.90 Å². The van der Waals surface area contributed by atoms with E-state index in [1.807, 2.05) is 27.8 Å². The van der Waals surface area contributed by atoms with Gasteiger partial charge in [0.25, 0.3) is 0 Å². The van der Waals surface area contributed by atoms with Crippen molar-refractivity contribution in [2.24, 2.45) is 5.41 Å². The normalized spacial score (nSPS) is 15.2. The van der Waals surface area contributed by atoms with Gasteiger partial charge in [-0.05, 0) is 32.1 Å². The number of aliphatic hydroxyl groups excluding tert-OH is 1. The third kappa shape index (κ3) is 6.51. The van der Waals surface area contributed by atoms with Crippen LogP contribution >= 0.6 is 0 Å². The third-order valence-corrected chi connectivity index (χ3v) is 3.14. The maximum Gasteiger partial charge on any atom is 0.317 e. The van der Waals surface area contributed by atoms with Gasteiger partial charge in [0, 0.05) is 19.6 Å². The van der Waals surface area contributed by atoms with Crippen molar-refractivity contribution in [3.05, 3.63) is 0 Å². The standard InChI is InChI=1S/C13H28N2O2/c1-7-10(2)15(6)12(17)14-9-13(4,5)8-11(3)16/h10-11,16H,7-9H2,1-6H3,(H,14,17). The molecule has 0 aliphatic carbocycles. The molecule has 2 atom stereocenters. The van der Waals surface area contributed by atoms with E-state index in [2.05, 4.69) is 12.2 Å². The van der Waals surface area contributed by atoms with Gasteiger partial charge in [0.05, 0.1) is 6.10 Å². The lowest BCUT2D eigenvalue weighted by molar-refractivity contribution is 0.126. The van der Waals surface area contributed by atoms with E-state index in [1.165, 1.54) is 0 Å². The molecule has 0 bridgehead atoms. The maximum absolute atomic E-state index is 11.8. The number of hydrogen-bond acceptors (Lipinski definition) is 2. The summed E-state index contributed by atoms with van der Waals surface area (Å²) in [6.07, 6.45) is 1.29. The van der Waals surface area contributed by atoms with Crippen molar-refractivity contribution in [1.82, 2.24) is 10.2 Å². The Labute approximate surface area is 105 Å². The molecular weight excluding hydrogens is 216 g/mol. The molecule has 0 spiro atoms. The fraction of sp³-hybridized carbons (Fsp3) is 0.923. The fourth-order valence-electron chi connectivity index (χ4n) is 1.79. The first kappa shape index (κ1) is 16.2. The quantitative estimate of drug-likeness (QED) is 0.753. The van der Waals surface area contributed by atoms with Gasteiger partial charge in [-0.25, -0.2) is 4.79 Å². The maximum atomic E-state index is 11.8. The summed E-state index contributed by atoms with van der Waals surface area (Å²) < 4.78 is 0. The van der Waals surface area contributed by atoms with Crippen LogP contribution in [-0.4, -0.2) is 41.8 Å². The van der Waals surface area contributed by atoms with E-state index in [0.717, 1.165) is 6.42 Å². The van der Waals surface area contributed by atoms with Crippen LogP contribution in [0, 0.1) is 5.41 Å². The van der Waals surface area contributed by atoms with E-state index < -0.39 is 0 Å². The zero-order valence-electron chi connectivity index (χ0n) is 12.1. The monoisotopic (exact) mass is 244 g/mol. The Hall–Kier alpha value is -0.770. The molecule has 0 saturated heterocycles. The lowest BCUT2D eigenvalue weighted by atomic mass is 9.87. The van der Waals surface area contributed by atoms with Crippen LogP contribution < -0.4 is 5.32 Å². The average Bonchev–Trinajstić information content (AvgIpc) is 2.22. The highest BCUT2D eigenvalue weighted by molar-refractivity contribution is 5.74. The summed E-state index contributed by atoms with van der Waals surface area (Å²) >= 11 is 0. The van der Waals surface area contributed by atoms with Crippen LogP contribution in [0.15, 0.2) is 0 Å². The van der Waals surface area contributed by atoms with Crippen molar-refractivity contribution in [3.63, 3.8) is 0 Å². The second-order valence-electron chi connectivity index (χ2n) is 5.74. The highest BCUT2D eigenvalue weighted by atomic mass is 16.3. The molecule has 0 fully saturated rings. The van der Waals surface area contributed by atoms with Crippen LogP contribution in [0.2, 0.25) is 0 Å². The summed E-state index contributed by atoms with van der Waals surface area (Å²) in [6.45, 7) is 10.5. The molecule has 4 heteroatoms. The Kier molecular flexibility index (Phi) is 6.53. The van der Waals surface area contributed by atoms with Crippen molar-refractivity contribution >= 4 is 6.03 Å². The van der Waals surface area contributed by atoms with Crippen LogP contribution in [0.5, 0.6) is 0 Å². The van der Waals surface area contributed by atoms with Gasteiger partial charge in [-0.15, -0.1) is 0 Å². The van der Waals surface area contributed by atoms with Crippen LogP contribution in [0.1, 0.15) is 47.5 Å². The van der Waals surface area contributed by atoms with E-state index in [-0.39, 0.29) is 23.6 Å². The van der Waals surface area contributed by atoms with E-state index in [9.17, 15) is 9.90 Å². The van der Waals surface area contributed by atoms with Crippen LogP contribution in [0.25, 0.3) is 0 Å². The first-order valence-corrected chi connectivity index (χ1v) is 6.38. The predicted molar refractivity (Wildman–Crippen MR) is 71.0 cm³/mol. The van der Waals surface area contributed by atoms with Gasteiger partial charge in [-0.1, -0.05) is 20.8 Å². The highest BCUT2D eigenvalue weighted by Crippen LogP contribution is 2.21. The SMILES string of the molecule is CCC(C)N(C)C(=O)NCC(C)(C)CC(C)O. The van der Waals surface area contributed by atoms with Gasteiger partial charge in [0.1, 0.15) is 0 Å². The summed E-state index contributed by atoms with van der Waals surface area (Å²) in [5.41, 5.74) is -0.0832. The number of urea groups is 1. The smallest absolute Gasteiger partial charge is 0.317 e. The molecule has 2 N–H and O–H groups in total. The first-order chi connectivity index (χ1) is 7.69. The van der Waals surface area contributed by atoms with Crippen molar-refractivity contribution in [3.8, 4) is 0 Å². The molecule has 0 aliphatic heterocycles. The summed E-state index contributed by atoms with van der Waals surface area (Å²) in [5, 5.41) is 12.3. The molecule has 17 heavy (non-hydrogen) atoms. The summed E-state index contributed by atoms with van der Waals surface area (Å²) in [7, 11) is 1.81. The predicted octanol–water partition coefficient (Wildman–Crippen LogP) is 2.22. The van der Waals surface area contributed by atoms with Gasteiger partial charge in [-0.3, -0.25) is 0 Å². The number of carbonyl (C=O) groups excluding carboxylic acids is 1. The largest absolute Gasteiger partial charge is 0.393 e. The minimum Gasteiger partial charge on any atom is -0.393 e. The van der Waals surface area contributed by atoms with Crippen molar-refractivity contribution in [2.75, 3.05) is 13.6 Å². The van der Waals surface area contributed by atoms with E-state index in [1.54, 1.807) is 11.8 Å². The second kappa shape index (κ2) is 6.84. The number of aliphatic hydroxyl groups is 1. The number of amides is 2. The fourth-order valence-corrected chi connectivity index (χ4v) is 1.79. The molecule has 0 rings (SSSR count). The van der Waals surface area contributed by atoms with E-state index in [4.69, 9.17) is 0 Å². The lowest BCUT2D eigenvalue weighted by Crippen LogP contribution is -2.45. The number of nitrogens with zero attached hydrogens (tertiary/aromatic N) is 1. The number of nitrogens with one attached hydrogen (secondary N) is 1. The molecular formula is C13H28N2O2. The Balaban J connectivity index is 4.15. The van der Waals surface area contributed by atoms with Gasteiger partial charge in [-0.2, -0.15) is 0 Å². The summed E-state index contributed by atoms with van der Waals surface area (Å²) in [6, 6.07) is 0.202. The molecule has 2 amide bonds.